The van der Waals surface area contributed by atoms with Gasteiger partial charge in [-0.05, 0) is 31.5 Å². The number of ketones is 1. The first-order chi connectivity index (χ1) is 10.8. The van der Waals surface area contributed by atoms with Crippen LogP contribution in [0.25, 0.3) is 0 Å². The number of nitro benzene ring substituents is 1. The Morgan fingerprint density at radius 1 is 1.22 bits per heavy atom. The van der Waals surface area contributed by atoms with E-state index >= 15 is 0 Å². The summed E-state index contributed by atoms with van der Waals surface area (Å²) in [5, 5.41) is 10.9. The summed E-state index contributed by atoms with van der Waals surface area (Å²) in [4.78, 5) is 36.7. The number of amides is 1. The predicted molar refractivity (Wildman–Crippen MR) is 87.9 cm³/mol. The van der Waals surface area contributed by atoms with Gasteiger partial charge in [0.25, 0.3) is 11.6 Å². The molecule has 1 heterocycles. The Hall–Kier alpha value is -2.54. The van der Waals surface area contributed by atoms with Crippen LogP contribution < -0.4 is 0 Å². The maximum Gasteiger partial charge on any atom is 0.269 e. The van der Waals surface area contributed by atoms with Crippen LogP contribution in [0.15, 0.2) is 36.4 Å². The lowest BCUT2D eigenvalue weighted by Crippen LogP contribution is -2.29. The molecule has 0 fully saturated rings. The van der Waals surface area contributed by atoms with Crippen LogP contribution in [0.3, 0.4) is 0 Å². The van der Waals surface area contributed by atoms with Crippen molar-refractivity contribution in [2.75, 3.05) is 7.05 Å². The Kier molecular flexibility index (Phi) is 4.90. The van der Waals surface area contributed by atoms with E-state index in [-0.39, 0.29) is 23.4 Å². The van der Waals surface area contributed by atoms with Crippen LogP contribution in [0.2, 0.25) is 0 Å². The molecule has 0 saturated heterocycles. The number of nitrogens with zero attached hydrogens (tertiary/aromatic N) is 2. The summed E-state index contributed by atoms with van der Waals surface area (Å²) in [6.45, 7) is 3.26. The SMILES string of the molecule is CC(=O)c1ccc(C(=O)N(C)[C@H](C)c2cccc([N+](=O)[O-])c2)s1. The molecule has 2 aromatic rings. The van der Waals surface area contributed by atoms with Crippen LogP contribution in [0.4, 0.5) is 5.69 Å². The van der Waals surface area contributed by atoms with Crippen LogP contribution in [-0.4, -0.2) is 28.6 Å². The van der Waals surface area contributed by atoms with E-state index in [2.05, 4.69) is 0 Å². The molecule has 120 valence electrons. The van der Waals surface area contributed by atoms with Crippen LogP contribution >= 0.6 is 11.3 Å². The van der Waals surface area contributed by atoms with Crippen LogP contribution in [0.1, 0.15) is 44.8 Å². The second-order valence-corrected chi connectivity index (χ2v) is 6.25. The van der Waals surface area contributed by atoms with Crippen molar-refractivity contribution in [2.45, 2.75) is 19.9 Å². The second kappa shape index (κ2) is 6.70. The largest absolute Gasteiger partial charge is 0.334 e. The maximum absolute atomic E-state index is 12.5. The molecule has 0 saturated carbocycles. The van der Waals surface area contributed by atoms with Gasteiger partial charge in [-0.1, -0.05) is 12.1 Å². The van der Waals surface area contributed by atoms with E-state index in [4.69, 9.17) is 0 Å². The van der Waals surface area contributed by atoms with Gasteiger partial charge in [0, 0.05) is 19.2 Å². The molecule has 7 heteroatoms. The topological polar surface area (TPSA) is 80.5 Å². The summed E-state index contributed by atoms with van der Waals surface area (Å²) in [6.07, 6.45) is 0. The van der Waals surface area contributed by atoms with Crippen molar-refractivity contribution in [1.82, 2.24) is 4.90 Å². The smallest absolute Gasteiger partial charge is 0.269 e. The molecule has 0 aliphatic heterocycles. The summed E-state index contributed by atoms with van der Waals surface area (Å²) in [6, 6.07) is 9.15. The Balaban J connectivity index is 2.22. The van der Waals surface area contributed by atoms with Crippen molar-refractivity contribution in [3.05, 3.63) is 61.8 Å². The number of carbonyl (C=O) groups is 2. The minimum Gasteiger partial charge on any atom is -0.334 e. The second-order valence-electron chi connectivity index (χ2n) is 5.16. The number of thiophene rings is 1. The van der Waals surface area contributed by atoms with Gasteiger partial charge in [-0.2, -0.15) is 0 Å². The lowest BCUT2D eigenvalue weighted by Gasteiger charge is -2.24. The number of rotatable bonds is 5. The number of carbonyl (C=O) groups excluding carboxylic acids is 2. The molecule has 1 aromatic carbocycles. The van der Waals surface area contributed by atoms with Crippen LogP contribution in [0, 0.1) is 10.1 Å². The Labute approximate surface area is 137 Å². The molecule has 23 heavy (non-hydrogen) atoms. The molecule has 0 aliphatic carbocycles. The third-order valence-electron chi connectivity index (χ3n) is 3.63. The van der Waals surface area contributed by atoms with Crippen molar-refractivity contribution in [3.63, 3.8) is 0 Å². The molecule has 0 spiro atoms. The molecule has 1 aromatic heterocycles. The third-order valence-corrected chi connectivity index (χ3v) is 4.80. The van der Waals surface area contributed by atoms with Crippen molar-refractivity contribution in [2.24, 2.45) is 0 Å². The van der Waals surface area contributed by atoms with Gasteiger partial charge < -0.3 is 4.90 Å². The fourth-order valence-electron chi connectivity index (χ4n) is 2.11. The number of benzene rings is 1. The Bertz CT molecular complexity index is 769. The minimum atomic E-state index is -0.462. The standard InChI is InChI=1S/C16H16N2O4S/c1-10(12-5-4-6-13(9-12)18(21)22)17(3)16(20)15-8-7-14(23-15)11(2)19/h4-10H,1-3H3/t10-/m1/s1. The molecular formula is C16H16N2O4S. The average molecular weight is 332 g/mol. The van der Waals surface area contributed by atoms with E-state index in [9.17, 15) is 19.7 Å². The van der Waals surface area contributed by atoms with Gasteiger partial charge in [-0.25, -0.2) is 0 Å². The fraction of sp³-hybridized carbons (Fsp3) is 0.250. The molecule has 0 aliphatic rings. The Morgan fingerprint density at radius 3 is 2.43 bits per heavy atom. The minimum absolute atomic E-state index is 0.00908. The van der Waals surface area contributed by atoms with Gasteiger partial charge in [0.1, 0.15) is 0 Å². The molecule has 0 bridgehead atoms. The predicted octanol–water partition coefficient (Wildman–Crippen LogP) is 3.69. The van der Waals surface area contributed by atoms with Crippen molar-refractivity contribution >= 4 is 28.7 Å². The van der Waals surface area contributed by atoms with Gasteiger partial charge >= 0.3 is 0 Å². The quantitative estimate of drug-likeness (QED) is 0.475. The number of hydrogen-bond donors (Lipinski definition) is 0. The highest BCUT2D eigenvalue weighted by Crippen LogP contribution is 2.26. The summed E-state index contributed by atoms with van der Waals surface area (Å²) in [7, 11) is 1.64. The molecule has 0 radical (unpaired) electrons. The summed E-state index contributed by atoms with van der Waals surface area (Å²) >= 11 is 1.15. The van der Waals surface area contributed by atoms with Crippen molar-refractivity contribution in [1.29, 1.82) is 0 Å². The summed E-state index contributed by atoms with van der Waals surface area (Å²) in [5.41, 5.74) is 0.670. The highest BCUT2D eigenvalue weighted by Gasteiger charge is 2.22. The van der Waals surface area contributed by atoms with Gasteiger partial charge in [0.15, 0.2) is 5.78 Å². The zero-order valence-corrected chi connectivity index (χ0v) is 13.8. The molecule has 1 amide bonds. The van der Waals surface area contributed by atoms with E-state index in [1.807, 2.05) is 0 Å². The first-order valence-electron chi connectivity index (χ1n) is 6.93. The molecule has 0 N–H and O–H groups in total. The fourth-order valence-corrected chi connectivity index (χ4v) is 3.00. The molecular weight excluding hydrogens is 316 g/mol. The van der Waals surface area contributed by atoms with E-state index in [1.54, 1.807) is 38.2 Å². The van der Waals surface area contributed by atoms with Gasteiger partial charge in [-0.15, -0.1) is 11.3 Å². The highest BCUT2D eigenvalue weighted by molar-refractivity contribution is 7.15. The maximum atomic E-state index is 12.5. The van der Waals surface area contributed by atoms with Crippen molar-refractivity contribution in [3.8, 4) is 0 Å². The van der Waals surface area contributed by atoms with Gasteiger partial charge in [0.05, 0.1) is 20.7 Å². The zero-order valence-electron chi connectivity index (χ0n) is 13.0. The Morgan fingerprint density at radius 2 is 1.87 bits per heavy atom. The first kappa shape index (κ1) is 16.8. The molecule has 6 nitrogen and oxygen atoms in total. The summed E-state index contributed by atoms with van der Waals surface area (Å²) in [5.74, 6) is -0.301. The van der Waals surface area contributed by atoms with E-state index in [1.165, 1.54) is 24.0 Å². The lowest BCUT2D eigenvalue weighted by molar-refractivity contribution is -0.384. The monoisotopic (exact) mass is 332 g/mol. The van der Waals surface area contributed by atoms with E-state index in [0.29, 0.717) is 15.3 Å². The zero-order chi connectivity index (χ0) is 17.1. The van der Waals surface area contributed by atoms with Gasteiger partial charge in [-0.3, -0.25) is 19.7 Å². The van der Waals surface area contributed by atoms with E-state index in [0.717, 1.165) is 11.3 Å². The van der Waals surface area contributed by atoms with Crippen LogP contribution in [0.5, 0.6) is 0 Å². The normalized spacial score (nSPS) is 11.8. The molecule has 0 unspecified atom stereocenters. The lowest BCUT2D eigenvalue weighted by atomic mass is 10.1. The summed E-state index contributed by atoms with van der Waals surface area (Å²) < 4.78 is 0. The van der Waals surface area contributed by atoms with E-state index < -0.39 is 4.92 Å². The van der Waals surface area contributed by atoms with Crippen LogP contribution in [-0.2, 0) is 0 Å². The van der Waals surface area contributed by atoms with Gasteiger partial charge in [0.2, 0.25) is 0 Å². The molecule has 1 atom stereocenters. The number of hydrogen-bond acceptors (Lipinski definition) is 5. The first-order valence-corrected chi connectivity index (χ1v) is 7.75. The number of nitro groups is 1. The molecule has 2 rings (SSSR count). The highest BCUT2D eigenvalue weighted by atomic mass is 32.1. The number of Topliss-reactive ketones (excluding diaryl/α,β-unsaturated/α-hetero) is 1. The average Bonchev–Trinajstić information content (AvgIpc) is 3.03. The third kappa shape index (κ3) is 3.62. The van der Waals surface area contributed by atoms with Crippen molar-refractivity contribution < 1.29 is 14.5 Å². The number of non-ortho nitro benzene ring substituents is 1.